The Labute approximate surface area is 328 Å². The molecule has 2 aliphatic carbocycles. The number of aromatic nitrogens is 5. The molecule has 0 radical (unpaired) electrons. The Bertz CT molecular complexity index is 3550. The molecule has 0 saturated carbocycles. The quantitative estimate of drug-likeness (QED) is 0.182. The standard InChI is InChI=1S/C52H33N5/c1-52(2)41-18-7-5-14-36(41)40-29-32(23-27-42(40)52)49-39-15-6-8-19-43(39)57-51(53-49)54-50(55-57)31-21-25-33(26-22-31)56-44-20-10-17-38-35-13-4-3-12-34(35)37-16-9-11-30-24-28-45(56)48(46(30)37)47(38)44/h3-29H,1-2H3. The minimum Gasteiger partial charge on any atom is -0.309 e. The molecule has 0 unspecified atom stereocenters. The molecule has 0 N–H and O–H groups in total. The monoisotopic (exact) mass is 727 g/mol. The van der Waals surface area contributed by atoms with Gasteiger partial charge < -0.3 is 4.57 Å². The second-order valence-electron chi connectivity index (χ2n) is 16.0. The minimum atomic E-state index is -0.0514. The number of para-hydroxylation sites is 1. The van der Waals surface area contributed by atoms with E-state index in [0.717, 1.165) is 33.4 Å². The van der Waals surface area contributed by atoms with Crippen molar-refractivity contribution in [3.63, 3.8) is 0 Å². The van der Waals surface area contributed by atoms with Gasteiger partial charge in [-0.3, -0.25) is 0 Å². The average molecular weight is 728 g/mol. The Kier molecular flexibility index (Phi) is 5.91. The summed E-state index contributed by atoms with van der Waals surface area (Å²) in [5, 5.41) is 11.3. The smallest absolute Gasteiger partial charge is 0.253 e. The number of hydrogen-bond acceptors (Lipinski definition) is 3. The van der Waals surface area contributed by atoms with E-state index in [1.807, 2.05) is 4.52 Å². The number of nitrogens with zero attached hydrogens (tertiary/aromatic N) is 5. The van der Waals surface area contributed by atoms with E-state index in [0.29, 0.717) is 11.6 Å². The first kappa shape index (κ1) is 30.9. The summed E-state index contributed by atoms with van der Waals surface area (Å²) in [7, 11) is 0. The van der Waals surface area contributed by atoms with Crippen LogP contribution in [0.15, 0.2) is 164 Å². The normalized spacial score (nSPS) is 13.6. The summed E-state index contributed by atoms with van der Waals surface area (Å²) in [6.45, 7) is 4.63. The molecule has 0 saturated heterocycles. The second-order valence-corrected chi connectivity index (χ2v) is 16.0. The maximum absolute atomic E-state index is 5.21. The molecule has 0 spiro atoms. The summed E-state index contributed by atoms with van der Waals surface area (Å²) < 4.78 is 4.30. The van der Waals surface area contributed by atoms with E-state index in [1.165, 1.54) is 77.1 Å². The molecule has 57 heavy (non-hydrogen) atoms. The third kappa shape index (κ3) is 4.05. The van der Waals surface area contributed by atoms with Crippen LogP contribution in [0.5, 0.6) is 0 Å². The van der Waals surface area contributed by atoms with E-state index in [2.05, 4.69) is 182 Å². The maximum Gasteiger partial charge on any atom is 0.253 e. The summed E-state index contributed by atoms with van der Waals surface area (Å²) in [5.41, 5.74) is 17.7. The molecule has 2 aliphatic rings. The van der Waals surface area contributed by atoms with Crippen LogP contribution in [0.1, 0.15) is 25.0 Å². The van der Waals surface area contributed by atoms with Crippen LogP contribution < -0.4 is 0 Å². The van der Waals surface area contributed by atoms with Crippen LogP contribution in [0, 0.1) is 0 Å². The largest absolute Gasteiger partial charge is 0.309 e. The Morgan fingerprint density at radius 2 is 1.11 bits per heavy atom. The summed E-state index contributed by atoms with van der Waals surface area (Å²) in [4.78, 5) is 10.3. The second kappa shape index (κ2) is 10.9. The van der Waals surface area contributed by atoms with E-state index in [9.17, 15) is 0 Å². The van der Waals surface area contributed by atoms with Crippen LogP contribution in [0.4, 0.5) is 0 Å². The average Bonchev–Trinajstić information content (AvgIpc) is 3.89. The van der Waals surface area contributed by atoms with Gasteiger partial charge in [-0.2, -0.15) is 9.50 Å². The van der Waals surface area contributed by atoms with Crippen molar-refractivity contribution >= 4 is 49.3 Å². The lowest BCUT2D eigenvalue weighted by molar-refractivity contribution is 0.660. The predicted molar refractivity (Wildman–Crippen MR) is 233 cm³/mol. The Balaban J connectivity index is 0.954. The van der Waals surface area contributed by atoms with E-state index in [1.54, 1.807) is 0 Å². The maximum atomic E-state index is 5.21. The molecule has 11 aromatic rings. The molecule has 8 aromatic carbocycles. The van der Waals surface area contributed by atoms with Gasteiger partial charge in [-0.25, -0.2) is 4.98 Å². The van der Waals surface area contributed by atoms with Crippen molar-refractivity contribution in [2.45, 2.75) is 19.3 Å². The highest BCUT2D eigenvalue weighted by Crippen LogP contribution is 2.51. The van der Waals surface area contributed by atoms with Crippen LogP contribution in [0.2, 0.25) is 0 Å². The first-order valence-electron chi connectivity index (χ1n) is 19.6. The Morgan fingerprint density at radius 3 is 1.95 bits per heavy atom. The number of fused-ring (bicyclic) bond motifs is 9. The molecule has 5 nitrogen and oxygen atoms in total. The first-order chi connectivity index (χ1) is 28.0. The van der Waals surface area contributed by atoms with Crippen LogP contribution in [-0.2, 0) is 5.41 Å². The van der Waals surface area contributed by atoms with Gasteiger partial charge in [0, 0.05) is 38.4 Å². The van der Waals surface area contributed by atoms with Crippen molar-refractivity contribution in [3.05, 3.63) is 175 Å². The number of hydrogen-bond donors (Lipinski definition) is 0. The molecule has 0 bridgehead atoms. The lowest BCUT2D eigenvalue weighted by Gasteiger charge is -2.21. The van der Waals surface area contributed by atoms with Gasteiger partial charge in [0.25, 0.3) is 5.78 Å². The SMILES string of the molecule is CC1(C)c2ccccc2-c2cc(-c3nc4nc(-c5ccc(-n6c7cccc8c7c7c9c(cccc9ccc76)-c6ccccc6-8)cc5)nn4c4ccccc34)ccc21. The fourth-order valence-electron chi connectivity index (χ4n) is 10.1. The zero-order chi connectivity index (χ0) is 37.6. The number of benzene rings is 8. The van der Waals surface area contributed by atoms with E-state index >= 15 is 0 Å². The van der Waals surface area contributed by atoms with Crippen LogP contribution in [-0.4, -0.2) is 24.1 Å². The molecule has 0 aliphatic heterocycles. The third-order valence-electron chi connectivity index (χ3n) is 12.7. The zero-order valence-electron chi connectivity index (χ0n) is 31.3. The van der Waals surface area contributed by atoms with Crippen molar-refractivity contribution in [1.29, 1.82) is 0 Å². The van der Waals surface area contributed by atoms with E-state index in [-0.39, 0.29) is 5.41 Å². The molecule has 3 heterocycles. The van der Waals surface area contributed by atoms with Crippen molar-refractivity contribution < 1.29 is 0 Å². The van der Waals surface area contributed by atoms with Crippen LogP contribution >= 0.6 is 0 Å². The van der Waals surface area contributed by atoms with Gasteiger partial charge in [-0.15, -0.1) is 5.10 Å². The summed E-state index contributed by atoms with van der Waals surface area (Å²) in [6, 6.07) is 59.5. The van der Waals surface area contributed by atoms with Crippen LogP contribution in [0.25, 0.3) is 111 Å². The minimum absolute atomic E-state index is 0.0514. The third-order valence-corrected chi connectivity index (χ3v) is 12.7. The fourth-order valence-corrected chi connectivity index (χ4v) is 10.1. The van der Waals surface area contributed by atoms with Gasteiger partial charge in [0.05, 0.1) is 22.2 Å². The molecule has 0 fully saturated rings. The van der Waals surface area contributed by atoms with Gasteiger partial charge in [-0.05, 0) is 104 Å². The molecule has 0 amide bonds. The van der Waals surface area contributed by atoms with Crippen molar-refractivity contribution in [3.8, 4) is 61.7 Å². The highest BCUT2D eigenvalue weighted by molar-refractivity contribution is 6.30. The van der Waals surface area contributed by atoms with Crippen molar-refractivity contribution in [1.82, 2.24) is 24.1 Å². The van der Waals surface area contributed by atoms with E-state index < -0.39 is 0 Å². The van der Waals surface area contributed by atoms with Gasteiger partial charge in [-0.1, -0.05) is 129 Å². The zero-order valence-corrected chi connectivity index (χ0v) is 31.3. The van der Waals surface area contributed by atoms with Gasteiger partial charge in [0.1, 0.15) is 0 Å². The summed E-state index contributed by atoms with van der Waals surface area (Å²) >= 11 is 0. The van der Waals surface area contributed by atoms with E-state index in [4.69, 9.17) is 15.1 Å². The molecule has 5 heteroatoms. The van der Waals surface area contributed by atoms with Gasteiger partial charge >= 0.3 is 0 Å². The lowest BCUT2D eigenvalue weighted by atomic mass is 9.82. The number of rotatable bonds is 3. The lowest BCUT2D eigenvalue weighted by Crippen LogP contribution is -2.14. The first-order valence-corrected chi connectivity index (χ1v) is 19.6. The molecule has 0 atom stereocenters. The highest BCUT2D eigenvalue weighted by atomic mass is 15.3. The Hall–Kier alpha value is -7.37. The molecular weight excluding hydrogens is 695 g/mol. The van der Waals surface area contributed by atoms with Gasteiger partial charge in [0.2, 0.25) is 0 Å². The summed E-state index contributed by atoms with van der Waals surface area (Å²) in [5.74, 6) is 1.23. The van der Waals surface area contributed by atoms with Crippen molar-refractivity contribution in [2.24, 2.45) is 0 Å². The van der Waals surface area contributed by atoms with Gasteiger partial charge in [0.15, 0.2) is 5.82 Å². The molecule has 266 valence electrons. The molecule has 13 rings (SSSR count). The molecule has 3 aromatic heterocycles. The fraction of sp³-hybridized carbons (Fsp3) is 0.0577. The van der Waals surface area contributed by atoms with Crippen molar-refractivity contribution in [2.75, 3.05) is 0 Å². The Morgan fingerprint density at radius 1 is 0.456 bits per heavy atom. The molecular formula is C52H33N5. The van der Waals surface area contributed by atoms with Crippen LogP contribution in [0.3, 0.4) is 0 Å². The topological polar surface area (TPSA) is 48.0 Å². The summed E-state index contributed by atoms with van der Waals surface area (Å²) in [6.07, 6.45) is 0. The highest BCUT2D eigenvalue weighted by Gasteiger charge is 2.35. The predicted octanol–water partition coefficient (Wildman–Crippen LogP) is 12.8.